The molecule has 0 aliphatic rings. The number of nitrogens with zero attached hydrogens (tertiary/aromatic N) is 3. The van der Waals surface area contributed by atoms with Crippen LogP contribution in [0.3, 0.4) is 0 Å². The Bertz CT molecular complexity index is 736. The summed E-state index contributed by atoms with van der Waals surface area (Å²) in [5, 5.41) is 2.84. The van der Waals surface area contributed by atoms with Crippen LogP contribution in [0.5, 0.6) is 0 Å². The molecule has 0 aliphatic heterocycles. The molecule has 0 saturated carbocycles. The zero-order chi connectivity index (χ0) is 15.4. The van der Waals surface area contributed by atoms with Crippen LogP contribution in [0, 0.1) is 13.8 Å². The summed E-state index contributed by atoms with van der Waals surface area (Å²) in [7, 11) is 0. The summed E-state index contributed by atoms with van der Waals surface area (Å²) in [6, 6.07) is 3.81. The Hall–Kier alpha value is -2.76. The van der Waals surface area contributed by atoms with E-state index in [9.17, 15) is 4.79 Å². The van der Waals surface area contributed by atoms with E-state index in [1.165, 1.54) is 6.34 Å². The molecule has 2 aromatic rings. The minimum Gasteiger partial charge on any atom is -0.364 e. The maximum atomic E-state index is 11.5. The number of primary amides is 1. The molecule has 1 aromatic carbocycles. The highest BCUT2D eigenvalue weighted by molar-refractivity contribution is 5.99. The SMILES string of the molecule is C=CCN=CNc1nc2cc(C)c(C)cc2nc1C(N)=O. The van der Waals surface area contributed by atoms with E-state index in [-0.39, 0.29) is 5.69 Å². The Balaban J connectivity index is 2.51. The van der Waals surface area contributed by atoms with Crippen LogP contribution in [0.2, 0.25) is 0 Å². The standard InChI is InChI=1S/C15H17N5O/c1-4-5-17-8-18-15-13(14(16)21)19-11-6-9(2)10(3)7-12(11)20-15/h4,6-8H,1,5H2,2-3H3,(H2,16,21)(H,17,18,20). The third-order valence-corrected chi connectivity index (χ3v) is 3.04. The highest BCUT2D eigenvalue weighted by Crippen LogP contribution is 2.20. The van der Waals surface area contributed by atoms with Crippen molar-refractivity contribution in [2.45, 2.75) is 13.8 Å². The maximum Gasteiger partial charge on any atom is 0.271 e. The number of hydrogen-bond acceptors (Lipinski definition) is 4. The summed E-state index contributed by atoms with van der Waals surface area (Å²) >= 11 is 0. The first-order valence-electron chi connectivity index (χ1n) is 6.47. The van der Waals surface area contributed by atoms with Gasteiger partial charge in [-0.25, -0.2) is 9.97 Å². The summed E-state index contributed by atoms with van der Waals surface area (Å²) in [5.41, 5.74) is 8.98. The number of benzene rings is 1. The fourth-order valence-corrected chi connectivity index (χ4v) is 1.82. The summed E-state index contributed by atoms with van der Waals surface area (Å²) < 4.78 is 0. The van der Waals surface area contributed by atoms with Crippen LogP contribution in [0.25, 0.3) is 11.0 Å². The van der Waals surface area contributed by atoms with Crippen molar-refractivity contribution in [3.8, 4) is 0 Å². The van der Waals surface area contributed by atoms with Gasteiger partial charge in [0.15, 0.2) is 11.5 Å². The third-order valence-electron chi connectivity index (χ3n) is 3.04. The fourth-order valence-electron chi connectivity index (χ4n) is 1.82. The van der Waals surface area contributed by atoms with Crippen LogP contribution in [-0.4, -0.2) is 28.8 Å². The molecule has 0 radical (unpaired) electrons. The molecule has 0 fully saturated rings. The van der Waals surface area contributed by atoms with E-state index in [4.69, 9.17) is 5.73 Å². The number of aromatic nitrogens is 2. The average Bonchev–Trinajstić information content (AvgIpc) is 2.44. The van der Waals surface area contributed by atoms with Gasteiger partial charge in [0.1, 0.15) is 0 Å². The van der Waals surface area contributed by atoms with Crippen LogP contribution < -0.4 is 11.1 Å². The van der Waals surface area contributed by atoms with E-state index >= 15 is 0 Å². The van der Waals surface area contributed by atoms with Crippen LogP contribution in [0.4, 0.5) is 5.82 Å². The molecule has 0 saturated heterocycles. The topological polar surface area (TPSA) is 93.3 Å². The van der Waals surface area contributed by atoms with Crippen molar-refractivity contribution < 1.29 is 4.79 Å². The Kier molecular flexibility index (Phi) is 4.27. The molecule has 6 heteroatoms. The maximum absolute atomic E-state index is 11.5. The number of carbonyl (C=O) groups excluding carboxylic acids is 1. The highest BCUT2D eigenvalue weighted by atomic mass is 16.1. The molecule has 21 heavy (non-hydrogen) atoms. The van der Waals surface area contributed by atoms with Crippen LogP contribution in [0.1, 0.15) is 21.6 Å². The van der Waals surface area contributed by atoms with Crippen molar-refractivity contribution in [2.75, 3.05) is 11.9 Å². The lowest BCUT2D eigenvalue weighted by Gasteiger charge is -2.08. The molecular formula is C15H17N5O. The molecule has 108 valence electrons. The molecule has 0 aliphatic carbocycles. The largest absolute Gasteiger partial charge is 0.364 e. The monoisotopic (exact) mass is 283 g/mol. The van der Waals surface area contributed by atoms with Crippen molar-refractivity contribution in [2.24, 2.45) is 10.7 Å². The minimum atomic E-state index is -0.637. The molecular weight excluding hydrogens is 266 g/mol. The molecule has 1 amide bonds. The van der Waals surface area contributed by atoms with Gasteiger partial charge in [0.05, 0.1) is 23.9 Å². The van der Waals surface area contributed by atoms with Gasteiger partial charge in [-0.3, -0.25) is 9.79 Å². The van der Waals surface area contributed by atoms with E-state index in [2.05, 4.69) is 26.9 Å². The van der Waals surface area contributed by atoms with Crippen LogP contribution in [0.15, 0.2) is 29.8 Å². The minimum absolute atomic E-state index is 0.0933. The Labute approximate surface area is 122 Å². The normalized spacial score (nSPS) is 11.0. The molecule has 3 N–H and O–H groups in total. The summed E-state index contributed by atoms with van der Waals surface area (Å²) in [6.45, 7) is 8.01. The number of aliphatic imine (C=N–C) groups is 1. The van der Waals surface area contributed by atoms with Crippen molar-refractivity contribution in [1.29, 1.82) is 0 Å². The number of hydrogen-bond donors (Lipinski definition) is 2. The number of rotatable bonds is 5. The van der Waals surface area contributed by atoms with Gasteiger partial charge in [0.2, 0.25) is 0 Å². The second-order valence-electron chi connectivity index (χ2n) is 4.64. The van der Waals surface area contributed by atoms with Gasteiger partial charge < -0.3 is 11.1 Å². The van der Waals surface area contributed by atoms with Crippen molar-refractivity contribution in [3.05, 3.63) is 41.6 Å². The molecule has 6 nitrogen and oxygen atoms in total. The Morgan fingerprint density at radius 1 is 1.33 bits per heavy atom. The van der Waals surface area contributed by atoms with Gasteiger partial charge in [0.25, 0.3) is 5.91 Å². The summed E-state index contributed by atoms with van der Waals surface area (Å²) in [6.07, 6.45) is 3.11. The van der Waals surface area contributed by atoms with E-state index in [0.29, 0.717) is 23.4 Å². The van der Waals surface area contributed by atoms with Gasteiger partial charge in [-0.05, 0) is 37.1 Å². The molecule has 0 atom stereocenters. The second-order valence-corrected chi connectivity index (χ2v) is 4.64. The number of fused-ring (bicyclic) bond motifs is 1. The van der Waals surface area contributed by atoms with Gasteiger partial charge in [-0.15, -0.1) is 6.58 Å². The second kappa shape index (κ2) is 6.13. The lowest BCUT2D eigenvalue weighted by Crippen LogP contribution is -2.17. The summed E-state index contributed by atoms with van der Waals surface area (Å²) in [5.74, 6) is -0.340. The highest BCUT2D eigenvalue weighted by Gasteiger charge is 2.13. The molecule has 0 unspecified atom stereocenters. The number of aryl methyl sites for hydroxylation is 2. The smallest absolute Gasteiger partial charge is 0.271 e. The predicted octanol–water partition coefficient (Wildman–Crippen LogP) is 1.97. The molecule has 1 heterocycles. The van der Waals surface area contributed by atoms with Gasteiger partial charge >= 0.3 is 0 Å². The molecule has 0 spiro atoms. The zero-order valence-corrected chi connectivity index (χ0v) is 12.1. The number of anilines is 1. The van der Waals surface area contributed by atoms with Crippen LogP contribution in [-0.2, 0) is 0 Å². The molecule has 0 bridgehead atoms. The first-order chi connectivity index (χ1) is 10.0. The Morgan fingerprint density at radius 3 is 2.52 bits per heavy atom. The number of nitrogens with one attached hydrogen (secondary N) is 1. The van der Waals surface area contributed by atoms with Crippen molar-refractivity contribution >= 4 is 29.1 Å². The number of amides is 1. The van der Waals surface area contributed by atoms with Gasteiger partial charge in [0, 0.05) is 0 Å². The zero-order valence-electron chi connectivity index (χ0n) is 12.1. The molecule has 2 rings (SSSR count). The number of nitrogens with two attached hydrogens (primary N) is 1. The third kappa shape index (κ3) is 3.22. The van der Waals surface area contributed by atoms with E-state index in [0.717, 1.165) is 11.1 Å². The first kappa shape index (κ1) is 14.6. The lowest BCUT2D eigenvalue weighted by molar-refractivity contribution is 0.0996. The predicted molar refractivity (Wildman–Crippen MR) is 84.7 cm³/mol. The van der Waals surface area contributed by atoms with E-state index in [1.54, 1.807) is 6.08 Å². The first-order valence-corrected chi connectivity index (χ1v) is 6.47. The summed E-state index contributed by atoms with van der Waals surface area (Å²) in [4.78, 5) is 24.2. The molecule has 1 aromatic heterocycles. The van der Waals surface area contributed by atoms with Crippen LogP contribution >= 0.6 is 0 Å². The van der Waals surface area contributed by atoms with Crippen molar-refractivity contribution in [1.82, 2.24) is 9.97 Å². The quantitative estimate of drug-likeness (QED) is 0.498. The van der Waals surface area contributed by atoms with Gasteiger partial charge in [-0.2, -0.15) is 0 Å². The van der Waals surface area contributed by atoms with Gasteiger partial charge in [-0.1, -0.05) is 6.08 Å². The number of carbonyl (C=O) groups is 1. The van der Waals surface area contributed by atoms with E-state index in [1.807, 2.05) is 26.0 Å². The average molecular weight is 283 g/mol. The van der Waals surface area contributed by atoms with Crippen molar-refractivity contribution in [3.63, 3.8) is 0 Å². The Morgan fingerprint density at radius 2 is 1.95 bits per heavy atom. The van der Waals surface area contributed by atoms with E-state index < -0.39 is 5.91 Å². The fraction of sp³-hybridized carbons (Fsp3) is 0.200. The lowest BCUT2D eigenvalue weighted by atomic mass is 10.1.